The van der Waals surface area contributed by atoms with Crippen LogP contribution in [0.15, 0.2) is 24.3 Å². The molecule has 5 heteroatoms. The molecule has 0 aliphatic carbocycles. The van der Waals surface area contributed by atoms with Crippen molar-refractivity contribution in [2.24, 2.45) is 0 Å². The number of hydrogen-bond acceptors (Lipinski definition) is 0. The van der Waals surface area contributed by atoms with Gasteiger partial charge < -0.3 is 16.0 Å². The summed E-state index contributed by atoms with van der Waals surface area (Å²) in [5.41, 5.74) is 0. The minimum absolute atomic E-state index is 0. The molecular formula is C16H35HfN3Si. The molecule has 0 aliphatic heterocycles. The maximum atomic E-state index is 3.74. The minimum Gasteiger partial charge on any atom is -0.665 e. The van der Waals surface area contributed by atoms with Gasteiger partial charge in [0, 0.05) is 8.80 Å². The normalized spacial score (nSPS) is 8.24. The molecule has 1 aromatic rings. The first-order chi connectivity index (χ1) is 9.55. The summed E-state index contributed by atoms with van der Waals surface area (Å²) in [4.78, 5) is 0. The minimum atomic E-state index is -0.480. The van der Waals surface area contributed by atoms with E-state index in [0.717, 1.165) is 19.6 Å². The molecule has 0 atom stereocenters. The summed E-state index contributed by atoms with van der Waals surface area (Å²) in [6.07, 6.45) is 0. The third-order valence-electron chi connectivity index (χ3n) is 2.30. The largest absolute Gasteiger partial charge is 4.00 e. The van der Waals surface area contributed by atoms with Gasteiger partial charge in [-0.25, -0.2) is 12.1 Å². The zero-order chi connectivity index (χ0) is 16.2. The molecule has 0 radical (unpaired) electrons. The average molecular weight is 476 g/mol. The standard InChI is InChI=1S/C7H11Si.3C3H8N.Hf/c1-8(2)7-5-3-4-6-7;3*1-3-4-2;/h3-6,8H,1-2H3;3*3H2,1-2H3;/q4*-1;+4. The van der Waals surface area contributed by atoms with E-state index in [0.29, 0.717) is 0 Å². The Kier molecular flexibility index (Phi) is 39.8. The van der Waals surface area contributed by atoms with Crippen LogP contribution in [-0.4, -0.2) is 49.6 Å². The first-order valence-electron chi connectivity index (χ1n) is 7.43. The van der Waals surface area contributed by atoms with E-state index >= 15 is 0 Å². The number of rotatable bonds is 4. The molecule has 0 saturated carbocycles. The summed E-state index contributed by atoms with van der Waals surface area (Å²) in [7, 11) is 4.94. The van der Waals surface area contributed by atoms with E-state index in [1.54, 1.807) is 26.3 Å². The van der Waals surface area contributed by atoms with E-state index < -0.39 is 8.80 Å². The van der Waals surface area contributed by atoms with Crippen LogP contribution in [0.3, 0.4) is 0 Å². The zero-order valence-electron chi connectivity index (χ0n) is 15.3. The van der Waals surface area contributed by atoms with Crippen LogP contribution in [0.25, 0.3) is 16.0 Å². The molecule has 0 N–H and O–H groups in total. The van der Waals surface area contributed by atoms with Gasteiger partial charge in [-0.1, -0.05) is 33.9 Å². The molecule has 0 saturated heterocycles. The monoisotopic (exact) mass is 477 g/mol. The molecule has 1 rings (SSSR count). The molecule has 0 aliphatic rings. The molecule has 1 aromatic carbocycles. The summed E-state index contributed by atoms with van der Waals surface area (Å²) in [5, 5.41) is 12.8. The summed E-state index contributed by atoms with van der Waals surface area (Å²) >= 11 is 0. The second kappa shape index (κ2) is 28.5. The van der Waals surface area contributed by atoms with Gasteiger partial charge in [0.05, 0.1) is 0 Å². The van der Waals surface area contributed by atoms with Crippen LogP contribution in [0.2, 0.25) is 13.1 Å². The first-order valence-corrected chi connectivity index (χ1v) is 10.3. The third-order valence-corrected chi connectivity index (χ3v) is 4.02. The first kappa shape index (κ1) is 29.3. The predicted molar refractivity (Wildman–Crippen MR) is 100 cm³/mol. The van der Waals surface area contributed by atoms with Gasteiger partial charge >= 0.3 is 25.8 Å². The molecule has 0 fully saturated rings. The van der Waals surface area contributed by atoms with E-state index in [1.165, 1.54) is 0 Å². The molecule has 0 spiro atoms. The van der Waals surface area contributed by atoms with E-state index in [9.17, 15) is 0 Å². The second-order valence-corrected chi connectivity index (χ2v) is 7.25. The molecular weight excluding hydrogens is 441 g/mol. The Bertz CT molecular complexity index is 214. The number of hydrogen-bond donors (Lipinski definition) is 0. The fourth-order valence-electron chi connectivity index (χ4n) is 0.774. The van der Waals surface area contributed by atoms with Crippen molar-refractivity contribution in [1.82, 2.24) is 0 Å². The van der Waals surface area contributed by atoms with Crippen molar-refractivity contribution >= 4 is 14.0 Å². The van der Waals surface area contributed by atoms with Gasteiger partial charge in [0.15, 0.2) is 0 Å². The van der Waals surface area contributed by atoms with Gasteiger partial charge in [0.1, 0.15) is 0 Å². The topological polar surface area (TPSA) is 42.3 Å². The fourth-order valence-corrected chi connectivity index (χ4v) is 1.77. The van der Waals surface area contributed by atoms with Crippen LogP contribution in [0, 0.1) is 0 Å². The quantitative estimate of drug-likeness (QED) is 0.464. The Morgan fingerprint density at radius 1 is 0.762 bits per heavy atom. The Hall–Kier alpha value is 0.317. The van der Waals surface area contributed by atoms with Crippen molar-refractivity contribution in [3.63, 3.8) is 0 Å². The smallest absolute Gasteiger partial charge is 0.665 e. The van der Waals surface area contributed by atoms with Crippen molar-refractivity contribution in [2.45, 2.75) is 33.9 Å². The molecule has 0 aromatic heterocycles. The molecule has 0 bridgehead atoms. The van der Waals surface area contributed by atoms with Gasteiger partial charge in [-0.15, -0.1) is 0 Å². The molecule has 0 unspecified atom stereocenters. The second-order valence-electron chi connectivity index (χ2n) is 4.27. The van der Waals surface area contributed by atoms with E-state index in [4.69, 9.17) is 0 Å². The predicted octanol–water partition coefficient (Wildman–Crippen LogP) is 4.13. The number of nitrogens with zero attached hydrogens (tertiary/aromatic N) is 3. The van der Waals surface area contributed by atoms with Gasteiger partial charge in [-0.05, 0) is 0 Å². The van der Waals surface area contributed by atoms with Crippen LogP contribution in [-0.2, 0) is 25.8 Å². The molecule has 21 heavy (non-hydrogen) atoms. The molecule has 0 heterocycles. The summed E-state index contributed by atoms with van der Waals surface area (Å²) < 4.78 is 0. The van der Waals surface area contributed by atoms with Crippen molar-refractivity contribution in [2.75, 3.05) is 40.8 Å². The molecule has 3 nitrogen and oxygen atoms in total. The zero-order valence-corrected chi connectivity index (χ0v) is 20.1. The Morgan fingerprint density at radius 3 is 1.10 bits per heavy atom. The third kappa shape index (κ3) is 33.3. The van der Waals surface area contributed by atoms with Crippen molar-refractivity contribution in [3.8, 4) is 0 Å². The van der Waals surface area contributed by atoms with Crippen molar-refractivity contribution in [1.29, 1.82) is 0 Å². The summed E-state index contributed by atoms with van der Waals surface area (Å²) in [6, 6.07) is 8.67. The summed E-state index contributed by atoms with van der Waals surface area (Å²) in [5.74, 6) is 0. The van der Waals surface area contributed by atoms with Crippen molar-refractivity contribution < 1.29 is 25.8 Å². The average Bonchev–Trinajstić information content (AvgIpc) is 3.02. The maximum Gasteiger partial charge on any atom is 4.00 e. The van der Waals surface area contributed by atoms with E-state index in [1.807, 2.05) is 20.8 Å². The van der Waals surface area contributed by atoms with Crippen LogP contribution in [0.1, 0.15) is 20.8 Å². The van der Waals surface area contributed by atoms with E-state index in [-0.39, 0.29) is 25.8 Å². The van der Waals surface area contributed by atoms with Crippen LogP contribution >= 0.6 is 0 Å². The Labute approximate surface area is 154 Å². The Morgan fingerprint density at radius 2 is 1.00 bits per heavy atom. The Balaban J connectivity index is -0.0000000973. The molecule has 122 valence electrons. The fraction of sp³-hybridized carbons (Fsp3) is 0.688. The van der Waals surface area contributed by atoms with Gasteiger partial charge in [-0.3, -0.25) is 0 Å². The van der Waals surface area contributed by atoms with Gasteiger partial charge in [0.25, 0.3) is 0 Å². The summed E-state index contributed by atoms with van der Waals surface area (Å²) in [6.45, 7) is 13.6. The van der Waals surface area contributed by atoms with Crippen molar-refractivity contribution in [3.05, 3.63) is 40.2 Å². The van der Waals surface area contributed by atoms with Gasteiger partial charge in [-0.2, -0.15) is 58.1 Å². The maximum absolute atomic E-state index is 3.74. The van der Waals surface area contributed by atoms with Crippen LogP contribution in [0.4, 0.5) is 0 Å². The SMILES string of the molecule is CC[N-]C.CC[N-]C.CC[N-]C.C[SiH](C)[c-]1cccc1.[Hf+4]. The van der Waals surface area contributed by atoms with Crippen LogP contribution in [0.5, 0.6) is 0 Å². The van der Waals surface area contributed by atoms with Crippen LogP contribution < -0.4 is 5.19 Å². The van der Waals surface area contributed by atoms with E-state index in [2.05, 4.69) is 53.3 Å². The molecule has 0 amide bonds. The van der Waals surface area contributed by atoms with Gasteiger partial charge in [0.2, 0.25) is 0 Å².